The summed E-state index contributed by atoms with van der Waals surface area (Å²) >= 11 is 0. The van der Waals surface area contributed by atoms with Crippen molar-refractivity contribution in [2.45, 2.75) is 0 Å². The van der Waals surface area contributed by atoms with Crippen LogP contribution in [0.4, 0.5) is 10.2 Å². The zero-order valence-electron chi connectivity index (χ0n) is 14.5. The van der Waals surface area contributed by atoms with Gasteiger partial charge in [-0.2, -0.15) is 5.10 Å². The lowest BCUT2D eigenvalue weighted by molar-refractivity contribution is 0.102. The summed E-state index contributed by atoms with van der Waals surface area (Å²) in [6.07, 6.45) is 6.74. The fourth-order valence-electron chi connectivity index (χ4n) is 2.47. The fourth-order valence-corrected chi connectivity index (χ4v) is 2.47. The van der Waals surface area contributed by atoms with Crippen LogP contribution in [-0.2, 0) is 0 Å². The van der Waals surface area contributed by atoms with Crippen molar-refractivity contribution in [3.05, 3.63) is 66.8 Å². The predicted molar refractivity (Wildman–Crippen MR) is 96.0 cm³/mol. The summed E-state index contributed by atoms with van der Waals surface area (Å²) in [5, 5.41) is 6.71. The van der Waals surface area contributed by atoms with Crippen molar-refractivity contribution in [2.75, 3.05) is 12.4 Å². The first-order valence-electron chi connectivity index (χ1n) is 8.05. The molecule has 4 aromatic rings. The van der Waals surface area contributed by atoms with Gasteiger partial charge < -0.3 is 14.8 Å². The highest BCUT2D eigenvalue weighted by Gasteiger charge is 2.16. The van der Waals surface area contributed by atoms with E-state index in [1.165, 1.54) is 48.7 Å². The van der Waals surface area contributed by atoms with Gasteiger partial charge in [0.05, 0.1) is 37.5 Å². The van der Waals surface area contributed by atoms with Crippen molar-refractivity contribution in [2.24, 2.45) is 0 Å². The number of hydrogen-bond donors (Lipinski definition) is 1. The Kier molecular flexibility index (Phi) is 4.50. The van der Waals surface area contributed by atoms with E-state index in [0.717, 1.165) is 6.20 Å². The molecule has 0 unspecified atom stereocenters. The number of halogens is 1. The van der Waals surface area contributed by atoms with Gasteiger partial charge in [-0.15, -0.1) is 0 Å². The van der Waals surface area contributed by atoms with Crippen LogP contribution in [0, 0.1) is 5.82 Å². The number of rotatable bonds is 5. The summed E-state index contributed by atoms with van der Waals surface area (Å²) in [7, 11) is 1.52. The van der Waals surface area contributed by atoms with Crippen LogP contribution in [0.1, 0.15) is 10.4 Å². The first kappa shape index (κ1) is 17.3. The molecule has 0 radical (unpaired) electrons. The normalized spacial score (nSPS) is 10.6. The average Bonchev–Trinajstić information content (AvgIpc) is 3.16. The van der Waals surface area contributed by atoms with Crippen molar-refractivity contribution >= 4 is 17.4 Å². The minimum Gasteiger partial charge on any atom is -0.495 e. The van der Waals surface area contributed by atoms with Crippen molar-refractivity contribution in [1.29, 1.82) is 0 Å². The lowest BCUT2D eigenvalue weighted by atomic mass is 10.2. The topological polar surface area (TPSA) is 104 Å². The van der Waals surface area contributed by atoms with Crippen LogP contribution < -0.4 is 14.8 Å². The molecule has 0 spiro atoms. The third kappa shape index (κ3) is 3.56. The number of nitrogens with zero attached hydrogens (tertiary/aromatic N) is 5. The van der Waals surface area contributed by atoms with Crippen LogP contribution >= 0.6 is 0 Å². The number of fused-ring (bicyclic) bond motifs is 1. The SMILES string of the molecule is COc1ccc(NC(=O)c2cc(Oc3cncc(F)c3)cn3ncnc23)nc1. The second-order valence-electron chi connectivity index (χ2n) is 5.60. The molecular weight excluding hydrogens is 367 g/mol. The first-order chi connectivity index (χ1) is 13.6. The molecule has 1 N–H and O–H groups in total. The standard InChI is InChI=1S/C18H13FN6O3/c1-27-12-2-3-16(21-8-12)24-18(26)15-5-14(9-25-17(15)22-10-23-25)28-13-4-11(19)6-20-7-13/h2-10H,1H3,(H,21,24,26). The van der Waals surface area contributed by atoms with Crippen LogP contribution in [0.15, 0.2) is 55.4 Å². The van der Waals surface area contributed by atoms with Crippen molar-refractivity contribution in [3.63, 3.8) is 0 Å². The molecule has 0 aromatic carbocycles. The number of nitrogens with one attached hydrogen (secondary N) is 1. The second-order valence-corrected chi connectivity index (χ2v) is 5.60. The first-order valence-corrected chi connectivity index (χ1v) is 8.05. The van der Waals surface area contributed by atoms with E-state index in [1.807, 2.05) is 0 Å². The molecule has 4 aromatic heterocycles. The number of hydrogen-bond acceptors (Lipinski definition) is 7. The molecule has 0 fully saturated rings. The van der Waals surface area contributed by atoms with Crippen LogP contribution in [0.5, 0.6) is 17.2 Å². The maximum Gasteiger partial charge on any atom is 0.260 e. The van der Waals surface area contributed by atoms with Gasteiger partial charge in [-0.05, 0) is 18.2 Å². The zero-order chi connectivity index (χ0) is 19.5. The summed E-state index contributed by atoms with van der Waals surface area (Å²) in [5.74, 6) is 0.350. The average molecular weight is 380 g/mol. The van der Waals surface area contributed by atoms with Crippen LogP contribution in [-0.4, -0.2) is 37.6 Å². The molecule has 0 aliphatic heterocycles. The Bertz CT molecular complexity index is 1150. The highest BCUT2D eigenvalue weighted by molar-refractivity contribution is 6.08. The zero-order valence-corrected chi connectivity index (χ0v) is 14.5. The molecule has 0 aliphatic rings. The van der Waals surface area contributed by atoms with Crippen LogP contribution in [0.3, 0.4) is 0 Å². The fraction of sp³-hybridized carbons (Fsp3) is 0.0556. The van der Waals surface area contributed by atoms with Gasteiger partial charge in [-0.25, -0.2) is 18.9 Å². The van der Waals surface area contributed by atoms with E-state index in [-0.39, 0.29) is 17.1 Å². The van der Waals surface area contributed by atoms with Gasteiger partial charge >= 0.3 is 0 Å². The lowest BCUT2D eigenvalue weighted by Crippen LogP contribution is -2.14. The molecular formula is C18H13FN6O3. The third-order valence-corrected chi connectivity index (χ3v) is 3.72. The Labute approximate surface area is 157 Å². The Morgan fingerprint density at radius 3 is 2.75 bits per heavy atom. The van der Waals surface area contributed by atoms with Gasteiger partial charge in [0.2, 0.25) is 0 Å². The molecule has 0 aliphatic carbocycles. The number of amides is 1. The molecule has 9 nitrogen and oxygen atoms in total. The molecule has 0 bridgehead atoms. The highest BCUT2D eigenvalue weighted by atomic mass is 19.1. The minimum absolute atomic E-state index is 0.183. The molecule has 4 heterocycles. The van der Waals surface area contributed by atoms with Gasteiger partial charge in [-0.3, -0.25) is 9.78 Å². The second kappa shape index (κ2) is 7.27. The summed E-state index contributed by atoms with van der Waals surface area (Å²) < 4.78 is 25.4. The van der Waals surface area contributed by atoms with E-state index in [0.29, 0.717) is 17.2 Å². The molecule has 0 atom stereocenters. The van der Waals surface area contributed by atoms with E-state index >= 15 is 0 Å². The summed E-state index contributed by atoms with van der Waals surface area (Å²) in [6.45, 7) is 0. The summed E-state index contributed by atoms with van der Waals surface area (Å²) in [4.78, 5) is 24.7. The predicted octanol–water partition coefficient (Wildman–Crippen LogP) is 2.71. The Morgan fingerprint density at radius 1 is 1.11 bits per heavy atom. The van der Waals surface area contributed by atoms with Gasteiger partial charge in [0, 0.05) is 6.07 Å². The molecule has 140 valence electrons. The van der Waals surface area contributed by atoms with Gasteiger partial charge in [0.1, 0.15) is 35.2 Å². The third-order valence-electron chi connectivity index (χ3n) is 3.72. The number of aromatic nitrogens is 5. The number of methoxy groups -OCH3 is 1. The molecule has 1 amide bonds. The smallest absolute Gasteiger partial charge is 0.260 e. The maximum absolute atomic E-state index is 13.3. The van der Waals surface area contributed by atoms with Crippen LogP contribution in [0.25, 0.3) is 5.65 Å². The van der Waals surface area contributed by atoms with Gasteiger partial charge in [0.25, 0.3) is 5.91 Å². The minimum atomic E-state index is -0.539. The number of carbonyl (C=O) groups excluding carboxylic acids is 1. The highest BCUT2D eigenvalue weighted by Crippen LogP contribution is 2.24. The summed E-state index contributed by atoms with van der Waals surface area (Å²) in [6, 6.07) is 5.94. The lowest BCUT2D eigenvalue weighted by Gasteiger charge is -2.09. The maximum atomic E-state index is 13.3. The van der Waals surface area contributed by atoms with Crippen molar-refractivity contribution in [3.8, 4) is 17.2 Å². The van der Waals surface area contributed by atoms with Crippen molar-refractivity contribution in [1.82, 2.24) is 24.6 Å². The monoisotopic (exact) mass is 380 g/mol. The molecule has 28 heavy (non-hydrogen) atoms. The largest absolute Gasteiger partial charge is 0.495 e. The number of carbonyl (C=O) groups is 1. The Hall–Kier alpha value is -4.08. The van der Waals surface area contributed by atoms with Crippen LogP contribution in [0.2, 0.25) is 0 Å². The quantitative estimate of drug-likeness (QED) is 0.568. The Morgan fingerprint density at radius 2 is 2.00 bits per heavy atom. The van der Waals surface area contributed by atoms with E-state index in [4.69, 9.17) is 9.47 Å². The molecule has 0 saturated heterocycles. The van der Waals surface area contributed by atoms with E-state index in [1.54, 1.807) is 12.1 Å². The Balaban J connectivity index is 1.65. The number of pyridine rings is 3. The molecule has 4 rings (SSSR count). The van der Waals surface area contributed by atoms with E-state index in [9.17, 15) is 9.18 Å². The summed E-state index contributed by atoms with van der Waals surface area (Å²) in [5.41, 5.74) is 0.535. The van der Waals surface area contributed by atoms with Gasteiger partial charge in [-0.1, -0.05) is 0 Å². The van der Waals surface area contributed by atoms with Crippen molar-refractivity contribution < 1.29 is 18.7 Å². The number of anilines is 1. The van der Waals surface area contributed by atoms with E-state index < -0.39 is 11.7 Å². The molecule has 0 saturated carbocycles. The number of ether oxygens (including phenoxy) is 2. The van der Waals surface area contributed by atoms with E-state index in [2.05, 4.69) is 25.4 Å². The van der Waals surface area contributed by atoms with Gasteiger partial charge in [0.15, 0.2) is 5.65 Å². The molecule has 10 heteroatoms.